The van der Waals surface area contributed by atoms with Crippen molar-refractivity contribution in [3.63, 3.8) is 0 Å². The van der Waals surface area contributed by atoms with Gasteiger partial charge in [-0.2, -0.15) is 0 Å². The SMILES string of the molecule is Cc1cnc2c(F)c(Cl)c(F)cc2c1Cl. The first-order chi connectivity index (χ1) is 7.02. The first kappa shape index (κ1) is 10.6. The maximum Gasteiger partial charge on any atom is 0.171 e. The van der Waals surface area contributed by atoms with Crippen molar-refractivity contribution < 1.29 is 8.78 Å². The molecule has 2 rings (SSSR count). The molecule has 0 saturated heterocycles. The Bertz CT molecular complexity index is 555. The highest BCUT2D eigenvalue weighted by Gasteiger charge is 2.15. The molecule has 0 bridgehead atoms. The minimum atomic E-state index is -0.881. The molecular weight excluding hydrogens is 243 g/mol. The molecule has 1 heterocycles. The van der Waals surface area contributed by atoms with Gasteiger partial charge in [0.15, 0.2) is 5.82 Å². The predicted molar refractivity (Wildman–Crippen MR) is 56.4 cm³/mol. The third-order valence-electron chi connectivity index (χ3n) is 2.11. The van der Waals surface area contributed by atoms with Crippen molar-refractivity contribution in [3.8, 4) is 0 Å². The second-order valence-electron chi connectivity index (χ2n) is 3.14. The molecule has 1 nitrogen and oxygen atoms in total. The van der Waals surface area contributed by atoms with E-state index in [1.807, 2.05) is 0 Å². The van der Waals surface area contributed by atoms with Gasteiger partial charge in [-0.1, -0.05) is 23.2 Å². The van der Waals surface area contributed by atoms with Crippen LogP contribution in [0.3, 0.4) is 0 Å². The Morgan fingerprint density at radius 1 is 1.20 bits per heavy atom. The van der Waals surface area contributed by atoms with E-state index >= 15 is 0 Å². The first-order valence-corrected chi connectivity index (χ1v) is 4.86. The summed E-state index contributed by atoms with van der Waals surface area (Å²) in [5.41, 5.74) is 0.641. The number of halogens is 4. The summed E-state index contributed by atoms with van der Waals surface area (Å²) in [6.07, 6.45) is 1.42. The van der Waals surface area contributed by atoms with E-state index in [0.29, 0.717) is 5.56 Å². The van der Waals surface area contributed by atoms with Gasteiger partial charge in [-0.15, -0.1) is 0 Å². The van der Waals surface area contributed by atoms with Crippen LogP contribution in [0.15, 0.2) is 12.3 Å². The van der Waals surface area contributed by atoms with Gasteiger partial charge in [0.05, 0.1) is 5.02 Å². The van der Waals surface area contributed by atoms with Gasteiger partial charge in [0.25, 0.3) is 0 Å². The molecule has 0 radical (unpaired) electrons. The monoisotopic (exact) mass is 247 g/mol. The average Bonchev–Trinajstić information content (AvgIpc) is 2.21. The summed E-state index contributed by atoms with van der Waals surface area (Å²) in [6, 6.07) is 1.09. The third kappa shape index (κ3) is 1.56. The summed E-state index contributed by atoms with van der Waals surface area (Å²) in [5, 5.41) is -0.0412. The quantitative estimate of drug-likeness (QED) is 0.639. The highest BCUT2D eigenvalue weighted by atomic mass is 35.5. The van der Waals surface area contributed by atoms with Crippen LogP contribution in [0.25, 0.3) is 10.9 Å². The molecule has 2 aromatic rings. The Hall–Kier alpha value is -0.930. The molecule has 15 heavy (non-hydrogen) atoms. The van der Waals surface area contributed by atoms with E-state index in [1.54, 1.807) is 6.92 Å². The Kier molecular flexibility index (Phi) is 2.52. The number of fused-ring (bicyclic) bond motifs is 1. The van der Waals surface area contributed by atoms with Gasteiger partial charge in [-0.3, -0.25) is 4.98 Å². The number of pyridine rings is 1. The molecule has 0 unspecified atom stereocenters. The van der Waals surface area contributed by atoms with Crippen molar-refractivity contribution in [3.05, 3.63) is 39.5 Å². The topological polar surface area (TPSA) is 12.9 Å². The van der Waals surface area contributed by atoms with Crippen LogP contribution in [0.1, 0.15) is 5.56 Å². The standard InChI is InChI=1S/C10H5Cl2F2N/c1-4-3-15-10-5(7(4)11)2-6(13)8(12)9(10)14/h2-3H,1H3. The van der Waals surface area contributed by atoms with Crippen LogP contribution in [0, 0.1) is 18.6 Å². The fraction of sp³-hybridized carbons (Fsp3) is 0.100. The Morgan fingerprint density at radius 2 is 1.87 bits per heavy atom. The number of hydrogen-bond donors (Lipinski definition) is 0. The Labute approximate surface area is 94.6 Å². The van der Waals surface area contributed by atoms with Crippen molar-refractivity contribution in [2.24, 2.45) is 0 Å². The predicted octanol–water partition coefficient (Wildman–Crippen LogP) is 4.13. The molecule has 78 valence electrons. The Balaban J connectivity index is 2.98. The van der Waals surface area contributed by atoms with Crippen molar-refractivity contribution >= 4 is 34.1 Å². The molecule has 0 saturated carbocycles. The first-order valence-electron chi connectivity index (χ1n) is 4.10. The van der Waals surface area contributed by atoms with Crippen molar-refractivity contribution in [2.45, 2.75) is 6.92 Å². The molecule has 0 atom stereocenters. The number of hydrogen-bond acceptors (Lipinski definition) is 1. The number of aromatic nitrogens is 1. The maximum absolute atomic E-state index is 13.5. The number of rotatable bonds is 0. The maximum atomic E-state index is 13.5. The Morgan fingerprint density at radius 3 is 2.53 bits per heavy atom. The van der Waals surface area contributed by atoms with Gasteiger partial charge in [0.2, 0.25) is 0 Å². The molecule has 0 N–H and O–H groups in total. The van der Waals surface area contributed by atoms with E-state index in [9.17, 15) is 8.78 Å². The lowest BCUT2D eigenvalue weighted by molar-refractivity contribution is 0.591. The highest BCUT2D eigenvalue weighted by molar-refractivity contribution is 6.36. The smallest absolute Gasteiger partial charge is 0.171 e. The number of aryl methyl sites for hydroxylation is 1. The zero-order valence-corrected chi connectivity index (χ0v) is 9.13. The summed E-state index contributed by atoms with van der Waals surface area (Å²) in [5.74, 6) is -1.72. The zero-order valence-electron chi connectivity index (χ0n) is 7.61. The molecule has 0 fully saturated rings. The lowest BCUT2D eigenvalue weighted by atomic mass is 10.1. The molecule has 1 aromatic heterocycles. The molecule has 0 amide bonds. The third-order valence-corrected chi connectivity index (χ3v) is 2.95. The number of nitrogens with zero attached hydrogens (tertiary/aromatic N) is 1. The minimum Gasteiger partial charge on any atom is -0.253 e. The summed E-state index contributed by atoms with van der Waals surface area (Å²) < 4.78 is 26.6. The molecule has 0 spiro atoms. The van der Waals surface area contributed by atoms with Gasteiger partial charge < -0.3 is 0 Å². The average molecular weight is 248 g/mol. The van der Waals surface area contributed by atoms with E-state index in [4.69, 9.17) is 23.2 Å². The van der Waals surface area contributed by atoms with Crippen LogP contribution < -0.4 is 0 Å². The summed E-state index contributed by atoms with van der Waals surface area (Å²) >= 11 is 11.3. The normalized spacial score (nSPS) is 11.0. The summed E-state index contributed by atoms with van der Waals surface area (Å²) in [4.78, 5) is 3.83. The molecule has 5 heteroatoms. The van der Waals surface area contributed by atoms with Crippen LogP contribution >= 0.6 is 23.2 Å². The van der Waals surface area contributed by atoms with E-state index in [2.05, 4.69) is 4.98 Å². The van der Waals surface area contributed by atoms with E-state index in [-0.39, 0.29) is 15.9 Å². The summed E-state index contributed by atoms with van der Waals surface area (Å²) in [6.45, 7) is 1.71. The lowest BCUT2D eigenvalue weighted by Crippen LogP contribution is -1.92. The molecule has 0 aliphatic rings. The van der Waals surface area contributed by atoms with E-state index in [0.717, 1.165) is 6.07 Å². The van der Waals surface area contributed by atoms with Crippen LogP contribution in [0.2, 0.25) is 10.0 Å². The second-order valence-corrected chi connectivity index (χ2v) is 3.89. The molecular formula is C10H5Cl2F2N. The van der Waals surface area contributed by atoms with Crippen molar-refractivity contribution in [1.29, 1.82) is 0 Å². The van der Waals surface area contributed by atoms with Gasteiger partial charge in [0, 0.05) is 11.6 Å². The fourth-order valence-corrected chi connectivity index (χ4v) is 1.65. The van der Waals surface area contributed by atoms with Gasteiger partial charge in [-0.05, 0) is 18.6 Å². The molecule has 0 aliphatic heterocycles. The largest absolute Gasteiger partial charge is 0.253 e. The van der Waals surface area contributed by atoms with E-state index < -0.39 is 16.7 Å². The van der Waals surface area contributed by atoms with Gasteiger partial charge in [0.1, 0.15) is 16.4 Å². The second kappa shape index (κ2) is 3.58. The minimum absolute atomic E-state index is 0.0167. The van der Waals surface area contributed by atoms with Crippen LogP contribution in [0.4, 0.5) is 8.78 Å². The molecule has 1 aromatic carbocycles. The highest BCUT2D eigenvalue weighted by Crippen LogP contribution is 2.31. The van der Waals surface area contributed by atoms with Crippen molar-refractivity contribution in [1.82, 2.24) is 4.98 Å². The number of benzene rings is 1. The van der Waals surface area contributed by atoms with Crippen LogP contribution in [-0.2, 0) is 0 Å². The van der Waals surface area contributed by atoms with Gasteiger partial charge in [-0.25, -0.2) is 8.78 Å². The van der Waals surface area contributed by atoms with Crippen molar-refractivity contribution in [2.75, 3.05) is 0 Å². The van der Waals surface area contributed by atoms with Crippen LogP contribution in [-0.4, -0.2) is 4.98 Å². The van der Waals surface area contributed by atoms with Crippen LogP contribution in [0.5, 0.6) is 0 Å². The molecule has 0 aliphatic carbocycles. The van der Waals surface area contributed by atoms with Gasteiger partial charge >= 0.3 is 0 Å². The lowest BCUT2D eigenvalue weighted by Gasteiger charge is -2.05. The van der Waals surface area contributed by atoms with E-state index in [1.165, 1.54) is 6.20 Å². The fourth-order valence-electron chi connectivity index (χ4n) is 1.31. The summed E-state index contributed by atoms with van der Waals surface area (Å²) in [7, 11) is 0. The zero-order chi connectivity index (χ0) is 11.2.